The van der Waals surface area contributed by atoms with E-state index in [4.69, 9.17) is 16.6 Å². The van der Waals surface area contributed by atoms with E-state index in [0.29, 0.717) is 11.5 Å². The van der Waals surface area contributed by atoms with Gasteiger partial charge in [0.05, 0.1) is 23.4 Å². The summed E-state index contributed by atoms with van der Waals surface area (Å²) in [6.07, 6.45) is 2.53. The molecule has 0 aliphatic heterocycles. The molecule has 12 heteroatoms. The molecule has 3 heterocycles. The number of rotatable bonds is 6. The predicted molar refractivity (Wildman–Crippen MR) is 141 cm³/mol. The number of anilines is 3. The highest BCUT2D eigenvalue weighted by molar-refractivity contribution is 14.2. The van der Waals surface area contributed by atoms with E-state index in [0.717, 1.165) is 51.3 Å². The van der Waals surface area contributed by atoms with Crippen molar-refractivity contribution < 1.29 is 0 Å². The zero-order valence-corrected chi connectivity index (χ0v) is 22.3. The summed E-state index contributed by atoms with van der Waals surface area (Å²) in [5.41, 5.74) is 5.35. The number of hydrogen-bond donors (Lipinski definition) is 1. The van der Waals surface area contributed by atoms with Crippen LogP contribution in [-0.4, -0.2) is 42.4 Å². The average molecular weight is 587 g/mol. The molecule has 0 saturated carbocycles. The largest absolute Gasteiger partial charge is 0.352 e. The number of aromatic nitrogens is 6. The first-order valence-electron chi connectivity index (χ1n) is 9.31. The highest BCUT2D eigenvalue weighted by atomic mass is 127. The molecule has 0 bridgehead atoms. The minimum atomic E-state index is 0.428. The molecule has 0 saturated heterocycles. The Hall–Kier alpha value is -1.62. The van der Waals surface area contributed by atoms with Crippen molar-refractivity contribution >= 4 is 80.2 Å². The molecule has 162 valence electrons. The second kappa shape index (κ2) is 9.09. The normalized spacial score (nSPS) is 11.7. The maximum absolute atomic E-state index is 6.36. The summed E-state index contributed by atoms with van der Waals surface area (Å²) in [7, 11) is 3.93. The van der Waals surface area contributed by atoms with Gasteiger partial charge in [0, 0.05) is 32.0 Å². The van der Waals surface area contributed by atoms with E-state index in [1.807, 2.05) is 52.4 Å². The molecule has 3 aromatic heterocycles. The van der Waals surface area contributed by atoms with Gasteiger partial charge >= 0.3 is 0 Å². The van der Waals surface area contributed by atoms with Gasteiger partial charge in [-0.1, -0.05) is 23.5 Å². The smallest absolute Gasteiger partial charge is 0.167 e. The van der Waals surface area contributed by atoms with Crippen LogP contribution in [0.2, 0.25) is 5.15 Å². The van der Waals surface area contributed by atoms with Crippen LogP contribution in [0.15, 0.2) is 24.3 Å². The molecule has 4 aromatic rings. The van der Waals surface area contributed by atoms with E-state index in [-0.39, 0.29) is 0 Å². The summed E-state index contributed by atoms with van der Waals surface area (Å²) in [6.45, 7) is 3.87. The second-order valence-electron chi connectivity index (χ2n) is 6.89. The maximum Gasteiger partial charge on any atom is 0.167 e. The number of benzene rings is 1. The number of aryl methyl sites for hydroxylation is 3. The van der Waals surface area contributed by atoms with Gasteiger partial charge in [-0.15, -0.1) is 0 Å². The molecule has 8 nitrogen and oxygen atoms in total. The number of halogens is 2. The molecule has 0 fully saturated rings. The number of nitrogens with zero attached hydrogens (tertiary/aromatic N) is 7. The molecule has 0 amide bonds. The van der Waals surface area contributed by atoms with Crippen LogP contribution in [0.4, 0.5) is 17.1 Å². The van der Waals surface area contributed by atoms with Gasteiger partial charge in [-0.2, -0.15) is 5.10 Å². The molecular weight excluding hydrogens is 566 g/mol. The fraction of sp³-hybridized carbons (Fsp3) is 0.263. The summed E-state index contributed by atoms with van der Waals surface area (Å²) in [5, 5.41) is 8.34. The molecule has 0 aliphatic carbocycles. The summed E-state index contributed by atoms with van der Waals surface area (Å²) in [6, 6.07) is 8.02. The molecule has 4 rings (SSSR count). The molecule has 0 aliphatic rings. The van der Waals surface area contributed by atoms with Gasteiger partial charge in [-0.3, -0.25) is 4.34 Å². The average Bonchev–Trinajstić information content (AvgIpc) is 3.24. The van der Waals surface area contributed by atoms with Gasteiger partial charge in [0.15, 0.2) is 11.5 Å². The zero-order valence-electron chi connectivity index (χ0n) is 17.6. The third-order valence-electron chi connectivity index (χ3n) is 4.84. The number of hydrogen-bond acceptors (Lipinski definition) is 7. The van der Waals surface area contributed by atoms with Crippen LogP contribution in [-0.2, 0) is 7.05 Å². The van der Waals surface area contributed by atoms with Crippen molar-refractivity contribution in [3.63, 3.8) is 0 Å². The van der Waals surface area contributed by atoms with Crippen molar-refractivity contribution in [1.29, 1.82) is 0 Å². The topological polar surface area (TPSA) is 76.7 Å². The Labute approximate surface area is 204 Å². The van der Waals surface area contributed by atoms with Crippen LogP contribution >= 0.6 is 52.0 Å². The first kappa shape index (κ1) is 22.6. The van der Waals surface area contributed by atoms with E-state index in [9.17, 15) is 0 Å². The Morgan fingerprint density at radius 1 is 1.16 bits per heavy atom. The first-order chi connectivity index (χ1) is 14.8. The van der Waals surface area contributed by atoms with Crippen LogP contribution in [0, 0.1) is 13.8 Å². The fourth-order valence-corrected chi connectivity index (χ4v) is 6.04. The monoisotopic (exact) mass is 586 g/mol. The van der Waals surface area contributed by atoms with Crippen LogP contribution in [0.25, 0.3) is 22.6 Å². The summed E-state index contributed by atoms with van der Waals surface area (Å²) >= 11 is 10.3. The van der Waals surface area contributed by atoms with Gasteiger partial charge in [-0.05, 0) is 54.1 Å². The van der Waals surface area contributed by atoms with Crippen LogP contribution in [0.1, 0.15) is 11.6 Å². The Bertz CT molecular complexity index is 1270. The van der Waals surface area contributed by atoms with E-state index >= 15 is 0 Å². The van der Waals surface area contributed by atoms with E-state index < -0.39 is 0 Å². The van der Waals surface area contributed by atoms with E-state index in [2.05, 4.69) is 57.1 Å². The summed E-state index contributed by atoms with van der Waals surface area (Å²) in [5.74, 6) is 2.48. The Kier molecular flexibility index (Phi) is 6.62. The van der Waals surface area contributed by atoms with E-state index in [1.54, 1.807) is 16.6 Å². The lowest BCUT2D eigenvalue weighted by atomic mass is 10.1. The lowest BCUT2D eigenvalue weighted by Gasteiger charge is -2.21. The standard InChI is InChI=1S/C19H21ClIN8PS/c1-10-22-18(27(3)26-10)12-6-7-13(15(8-12)28(4)31-5)24-14-9-16(20)25-19-17(14)23-11(2)29(19)30-21/h6-9,30H,1-5H3,(H,24,25). The maximum atomic E-state index is 6.36. The lowest BCUT2D eigenvalue weighted by molar-refractivity contribution is 0.764. The van der Waals surface area contributed by atoms with E-state index in [1.165, 1.54) is 0 Å². The fourth-order valence-electron chi connectivity index (χ4n) is 3.37. The van der Waals surface area contributed by atoms with Crippen LogP contribution in [0.3, 0.4) is 0 Å². The van der Waals surface area contributed by atoms with Gasteiger partial charge in [0.1, 0.15) is 22.3 Å². The highest BCUT2D eigenvalue weighted by Gasteiger charge is 2.17. The van der Waals surface area contributed by atoms with Gasteiger partial charge in [0.2, 0.25) is 0 Å². The highest BCUT2D eigenvalue weighted by Crippen LogP contribution is 2.38. The van der Waals surface area contributed by atoms with Gasteiger partial charge in [0.25, 0.3) is 0 Å². The van der Waals surface area contributed by atoms with Gasteiger partial charge in [-0.25, -0.2) is 19.6 Å². The quantitative estimate of drug-likeness (QED) is 0.134. The Morgan fingerprint density at radius 2 is 1.94 bits per heavy atom. The van der Waals surface area contributed by atoms with Crippen molar-refractivity contribution in [2.24, 2.45) is 7.05 Å². The molecule has 1 unspecified atom stereocenters. The molecular formula is C19H21ClIN8PS. The summed E-state index contributed by atoms with van der Waals surface area (Å²) in [4.78, 5) is 13.8. The molecule has 1 aromatic carbocycles. The minimum absolute atomic E-state index is 0.428. The second-order valence-corrected chi connectivity index (χ2v) is 10.3. The zero-order chi connectivity index (χ0) is 22.3. The molecule has 31 heavy (non-hydrogen) atoms. The predicted octanol–water partition coefficient (Wildman–Crippen LogP) is 5.75. The molecule has 1 atom stereocenters. The molecule has 0 spiro atoms. The third-order valence-corrected chi connectivity index (χ3v) is 7.93. The Morgan fingerprint density at radius 3 is 2.58 bits per heavy atom. The van der Waals surface area contributed by atoms with Crippen molar-refractivity contribution in [1.82, 2.24) is 29.1 Å². The molecule has 0 radical (unpaired) electrons. The Balaban J connectivity index is 1.82. The van der Waals surface area contributed by atoms with Crippen molar-refractivity contribution in [2.75, 3.05) is 22.9 Å². The number of nitrogens with one attached hydrogen (secondary N) is 1. The van der Waals surface area contributed by atoms with Crippen LogP contribution in [0.5, 0.6) is 0 Å². The number of pyridine rings is 1. The van der Waals surface area contributed by atoms with Crippen molar-refractivity contribution in [3.8, 4) is 11.4 Å². The third kappa shape index (κ3) is 4.35. The van der Waals surface area contributed by atoms with Crippen molar-refractivity contribution in [3.05, 3.63) is 41.1 Å². The number of fused-ring (bicyclic) bond motifs is 1. The van der Waals surface area contributed by atoms with Crippen LogP contribution < -0.4 is 9.62 Å². The van der Waals surface area contributed by atoms with Gasteiger partial charge < -0.3 is 9.62 Å². The summed E-state index contributed by atoms with van der Waals surface area (Å²) < 4.78 is 5.97. The first-order valence-corrected chi connectivity index (χ1v) is 14.9. The minimum Gasteiger partial charge on any atom is -0.352 e. The SMILES string of the molecule is CSN(C)c1cc(-c2nc(C)nn2C)ccc1Nc1cc(Cl)nc2c1nc(C)n2PI. The van der Waals surface area contributed by atoms with Crippen molar-refractivity contribution in [2.45, 2.75) is 13.8 Å². The lowest BCUT2D eigenvalue weighted by Crippen LogP contribution is -2.09. The number of imidazole rings is 1. The molecule has 1 N–H and O–H groups in total.